The maximum atomic E-state index is 13.8. The molecule has 0 aliphatic heterocycles. The Morgan fingerprint density at radius 1 is 0.917 bits per heavy atom. The molecule has 0 amide bonds. The Bertz CT molecular complexity index is 1840. The van der Waals surface area contributed by atoms with Crippen LogP contribution in [0.1, 0.15) is 13.3 Å². The molecule has 0 atom stereocenters. The van der Waals surface area contributed by atoms with Gasteiger partial charge in [0.15, 0.2) is 5.58 Å². The van der Waals surface area contributed by atoms with Gasteiger partial charge in [-0.15, -0.1) is 0 Å². The lowest BCUT2D eigenvalue weighted by molar-refractivity contribution is 0.317. The predicted octanol–water partition coefficient (Wildman–Crippen LogP) is 3.27. The number of ether oxygens (including phenoxy) is 2. The number of hydrogen-bond acceptors (Lipinski definition) is 7. The Labute approximate surface area is 205 Å². The van der Waals surface area contributed by atoms with Gasteiger partial charge >= 0.3 is 11.4 Å². The molecule has 5 rings (SSSR count). The van der Waals surface area contributed by atoms with Crippen LogP contribution >= 0.6 is 0 Å². The summed E-state index contributed by atoms with van der Waals surface area (Å²) in [4.78, 5) is 25.8. The van der Waals surface area contributed by atoms with Crippen molar-refractivity contribution >= 4 is 32.2 Å². The van der Waals surface area contributed by atoms with E-state index in [-0.39, 0.29) is 21.5 Å². The van der Waals surface area contributed by atoms with E-state index in [0.717, 1.165) is 6.42 Å². The molecule has 2 heterocycles. The lowest BCUT2D eigenvalue weighted by atomic mass is 10.2. The molecule has 3 aromatic carbocycles. The minimum atomic E-state index is -4.37. The third-order valence-electron chi connectivity index (χ3n) is 5.84. The second kappa shape index (κ2) is 8.76. The summed E-state index contributed by atoms with van der Waals surface area (Å²) in [5, 5.41) is 0. The number of benzene rings is 3. The SMILES string of the molecule is CCCOc1cccc(-n2c(=O)n(S(=O)(=O)c3cccc(OC)c3)c3cc4oc(=O)n(C)c4cc32)c1. The summed E-state index contributed by atoms with van der Waals surface area (Å²) in [6.45, 7) is 2.47. The highest BCUT2D eigenvalue weighted by atomic mass is 32.2. The normalized spacial score (nSPS) is 11.9. The zero-order chi connectivity index (χ0) is 25.6. The summed E-state index contributed by atoms with van der Waals surface area (Å²) in [5.41, 5.74) is 0.508. The fourth-order valence-corrected chi connectivity index (χ4v) is 5.49. The van der Waals surface area contributed by atoms with E-state index in [2.05, 4.69) is 0 Å². The molecule has 186 valence electrons. The van der Waals surface area contributed by atoms with Crippen molar-refractivity contribution in [1.29, 1.82) is 0 Å². The second-order valence-electron chi connectivity index (χ2n) is 8.15. The van der Waals surface area contributed by atoms with Crippen molar-refractivity contribution < 1.29 is 22.3 Å². The van der Waals surface area contributed by atoms with Gasteiger partial charge in [-0.2, -0.15) is 3.97 Å². The average molecular weight is 510 g/mol. The van der Waals surface area contributed by atoms with E-state index in [1.165, 1.54) is 47.6 Å². The molecule has 11 heteroatoms. The Balaban J connectivity index is 1.86. The first kappa shape index (κ1) is 23.5. The second-order valence-corrected chi connectivity index (χ2v) is 9.93. The van der Waals surface area contributed by atoms with E-state index in [1.54, 1.807) is 36.4 Å². The lowest BCUT2D eigenvalue weighted by Crippen LogP contribution is -2.29. The molecule has 0 aliphatic rings. The maximum absolute atomic E-state index is 13.8. The lowest BCUT2D eigenvalue weighted by Gasteiger charge is -2.08. The summed E-state index contributed by atoms with van der Waals surface area (Å²) in [7, 11) is -1.41. The van der Waals surface area contributed by atoms with E-state index >= 15 is 0 Å². The van der Waals surface area contributed by atoms with Crippen LogP contribution in [0.5, 0.6) is 11.5 Å². The molecule has 5 aromatic rings. The minimum absolute atomic E-state index is 0.0598. The van der Waals surface area contributed by atoms with Crippen LogP contribution in [0.3, 0.4) is 0 Å². The molecular weight excluding hydrogens is 486 g/mol. The Morgan fingerprint density at radius 3 is 2.42 bits per heavy atom. The number of aryl methyl sites for hydroxylation is 1. The number of imidazole rings is 1. The van der Waals surface area contributed by atoms with Crippen LogP contribution in [0, 0.1) is 0 Å². The van der Waals surface area contributed by atoms with Crippen LogP contribution in [0.4, 0.5) is 0 Å². The molecule has 0 aliphatic carbocycles. The molecule has 0 spiro atoms. The fraction of sp³-hybridized carbons (Fsp3) is 0.200. The van der Waals surface area contributed by atoms with Gasteiger partial charge in [-0.1, -0.05) is 19.1 Å². The molecule has 2 aromatic heterocycles. The molecule has 0 N–H and O–H groups in total. The van der Waals surface area contributed by atoms with Gasteiger partial charge in [0.1, 0.15) is 11.5 Å². The molecule has 10 nitrogen and oxygen atoms in total. The highest BCUT2D eigenvalue weighted by Gasteiger charge is 2.28. The first-order chi connectivity index (χ1) is 17.3. The highest BCUT2D eigenvalue weighted by Crippen LogP contribution is 2.28. The van der Waals surface area contributed by atoms with E-state index < -0.39 is 21.5 Å². The number of hydrogen-bond donors (Lipinski definition) is 0. The van der Waals surface area contributed by atoms with E-state index in [1.807, 2.05) is 6.92 Å². The minimum Gasteiger partial charge on any atom is -0.497 e. The number of aromatic nitrogens is 3. The van der Waals surface area contributed by atoms with E-state index in [0.29, 0.717) is 33.3 Å². The molecule has 0 radical (unpaired) electrons. The van der Waals surface area contributed by atoms with Crippen molar-refractivity contribution in [3.63, 3.8) is 0 Å². The third-order valence-corrected chi connectivity index (χ3v) is 7.52. The predicted molar refractivity (Wildman–Crippen MR) is 134 cm³/mol. The fourth-order valence-electron chi connectivity index (χ4n) is 4.07. The van der Waals surface area contributed by atoms with E-state index in [9.17, 15) is 18.0 Å². The smallest absolute Gasteiger partial charge is 0.419 e. The highest BCUT2D eigenvalue weighted by molar-refractivity contribution is 7.90. The van der Waals surface area contributed by atoms with Gasteiger partial charge in [0, 0.05) is 25.2 Å². The molecule has 0 saturated carbocycles. The van der Waals surface area contributed by atoms with Gasteiger partial charge in [0.2, 0.25) is 0 Å². The quantitative estimate of drug-likeness (QED) is 0.331. The third kappa shape index (κ3) is 3.68. The molecule has 36 heavy (non-hydrogen) atoms. The van der Waals surface area contributed by atoms with Crippen molar-refractivity contribution in [3.8, 4) is 17.2 Å². The summed E-state index contributed by atoms with van der Waals surface area (Å²) in [6.07, 6.45) is 0.800. The van der Waals surface area contributed by atoms with Gasteiger partial charge in [-0.25, -0.2) is 18.0 Å². The first-order valence-corrected chi connectivity index (χ1v) is 12.6. The standard InChI is InChI=1S/C25H23N3O7S/c1-4-11-34-18-9-5-7-16(12-18)27-20-14-22-23(35-25(30)26(22)2)15-21(20)28(24(27)29)36(31,32)19-10-6-8-17(13-19)33-3/h5-10,12-15H,4,11H2,1-3H3. The Kier molecular flexibility index (Phi) is 5.71. The molecular formula is C25H23N3O7S. The van der Waals surface area contributed by atoms with Gasteiger partial charge < -0.3 is 13.9 Å². The maximum Gasteiger partial charge on any atom is 0.419 e. The van der Waals surface area contributed by atoms with Crippen LogP contribution in [-0.2, 0) is 17.1 Å². The summed E-state index contributed by atoms with van der Waals surface area (Å²) in [5.74, 6) is 0.253. The zero-order valence-corrected chi connectivity index (χ0v) is 20.6. The number of nitrogens with zero attached hydrogens (tertiary/aromatic N) is 3. The van der Waals surface area contributed by atoms with Gasteiger partial charge in [0.25, 0.3) is 10.0 Å². The largest absolute Gasteiger partial charge is 0.497 e. The van der Waals surface area contributed by atoms with Gasteiger partial charge in [-0.3, -0.25) is 9.13 Å². The molecule has 0 saturated heterocycles. The van der Waals surface area contributed by atoms with Crippen LogP contribution in [0.15, 0.2) is 79.6 Å². The van der Waals surface area contributed by atoms with Crippen LogP contribution < -0.4 is 20.9 Å². The van der Waals surface area contributed by atoms with Crippen molar-refractivity contribution in [3.05, 3.63) is 81.7 Å². The number of oxazole rings is 1. The summed E-state index contributed by atoms with van der Waals surface area (Å²) >= 11 is 0. The molecule has 0 bridgehead atoms. The van der Waals surface area contributed by atoms with Crippen molar-refractivity contribution in [1.82, 2.24) is 13.1 Å². The summed E-state index contributed by atoms with van der Waals surface area (Å²) < 4.78 is 47.0. The van der Waals surface area contributed by atoms with E-state index in [4.69, 9.17) is 13.9 Å². The van der Waals surface area contributed by atoms with Crippen LogP contribution in [0.2, 0.25) is 0 Å². The molecule has 0 fully saturated rings. The number of fused-ring (bicyclic) bond motifs is 2. The van der Waals surface area contributed by atoms with Crippen molar-refractivity contribution in [2.75, 3.05) is 13.7 Å². The van der Waals surface area contributed by atoms with Crippen molar-refractivity contribution in [2.45, 2.75) is 18.2 Å². The summed E-state index contributed by atoms with van der Waals surface area (Å²) in [6, 6.07) is 15.6. The number of rotatable bonds is 7. The van der Waals surface area contributed by atoms with Gasteiger partial charge in [-0.05, 0) is 36.8 Å². The monoisotopic (exact) mass is 509 g/mol. The van der Waals surface area contributed by atoms with Gasteiger partial charge in [0.05, 0.1) is 40.8 Å². The number of methoxy groups -OCH3 is 1. The van der Waals surface area contributed by atoms with Crippen molar-refractivity contribution in [2.24, 2.45) is 7.05 Å². The zero-order valence-electron chi connectivity index (χ0n) is 19.8. The van der Waals surface area contributed by atoms with Crippen LogP contribution in [-0.4, -0.2) is 35.2 Å². The Hall–Kier alpha value is -4.25. The first-order valence-electron chi connectivity index (χ1n) is 11.2. The average Bonchev–Trinajstić information content (AvgIpc) is 3.32. The Morgan fingerprint density at radius 2 is 1.67 bits per heavy atom. The van der Waals surface area contributed by atoms with Crippen LogP contribution in [0.25, 0.3) is 27.8 Å². The molecule has 0 unspecified atom stereocenters. The topological polar surface area (TPSA) is 115 Å².